The van der Waals surface area contributed by atoms with Crippen molar-refractivity contribution in [2.75, 3.05) is 13.2 Å². The summed E-state index contributed by atoms with van der Waals surface area (Å²) in [6.45, 7) is 4.93. The van der Waals surface area contributed by atoms with E-state index in [4.69, 9.17) is 5.11 Å². The number of carbonyl (C=O) groups excluding carboxylic acids is 2. The highest BCUT2D eigenvalue weighted by molar-refractivity contribution is 5.87. The van der Waals surface area contributed by atoms with E-state index in [1.54, 1.807) is 0 Å². The molecule has 0 amide bonds. The molecular formula is C19H22F10O6. The van der Waals surface area contributed by atoms with Gasteiger partial charge < -0.3 is 19.7 Å². The van der Waals surface area contributed by atoms with Gasteiger partial charge in [0.15, 0.2) is 0 Å². The van der Waals surface area contributed by atoms with Crippen molar-refractivity contribution in [2.24, 2.45) is 0 Å². The van der Waals surface area contributed by atoms with Crippen LogP contribution in [0.3, 0.4) is 0 Å². The Kier molecular flexibility index (Phi) is 10.4. The molecule has 2 unspecified atom stereocenters. The summed E-state index contributed by atoms with van der Waals surface area (Å²) in [6, 6.07) is 0. The first kappa shape index (κ1) is 32.6. The lowest BCUT2D eigenvalue weighted by atomic mass is 9.90. The molecule has 16 heteroatoms. The fraction of sp³-hybridized carbons (Fsp3) is 0.684. The Hall–Kier alpha value is -2.36. The summed E-state index contributed by atoms with van der Waals surface area (Å²) >= 11 is 0. The van der Waals surface area contributed by atoms with E-state index < -0.39 is 85.4 Å². The summed E-state index contributed by atoms with van der Waals surface area (Å²) in [5.74, 6) is -37.1. The van der Waals surface area contributed by atoms with Crippen molar-refractivity contribution in [3.8, 4) is 0 Å². The Labute approximate surface area is 192 Å². The van der Waals surface area contributed by atoms with Gasteiger partial charge in [0, 0.05) is 17.6 Å². The smallest absolute Gasteiger partial charge is 0.384 e. The molecule has 0 aliphatic rings. The van der Waals surface area contributed by atoms with Crippen LogP contribution in [0.5, 0.6) is 0 Å². The van der Waals surface area contributed by atoms with Crippen LogP contribution in [-0.4, -0.2) is 77.2 Å². The van der Waals surface area contributed by atoms with Crippen LogP contribution in [0, 0.1) is 0 Å². The van der Waals surface area contributed by atoms with E-state index in [1.165, 1.54) is 0 Å². The summed E-state index contributed by atoms with van der Waals surface area (Å²) in [4.78, 5) is 22.4. The monoisotopic (exact) mass is 536 g/mol. The normalized spacial score (nSPS) is 15.3. The number of ether oxygens (including phenoxy) is 2. The van der Waals surface area contributed by atoms with Gasteiger partial charge in [-0.25, -0.2) is 9.59 Å². The Morgan fingerprint density at radius 2 is 1.17 bits per heavy atom. The number of hydrogen-bond acceptors (Lipinski definition) is 6. The van der Waals surface area contributed by atoms with Gasteiger partial charge in [0.2, 0.25) is 0 Å². The van der Waals surface area contributed by atoms with Gasteiger partial charge >= 0.3 is 41.6 Å². The Bertz CT molecular complexity index is 812. The van der Waals surface area contributed by atoms with E-state index in [-0.39, 0.29) is 5.57 Å². The number of alkyl halides is 10. The first-order chi connectivity index (χ1) is 15.5. The predicted molar refractivity (Wildman–Crippen MR) is 97.5 cm³/mol. The van der Waals surface area contributed by atoms with Crippen molar-refractivity contribution in [3.63, 3.8) is 0 Å². The summed E-state index contributed by atoms with van der Waals surface area (Å²) in [5, 5.41) is 18.2. The third-order valence-electron chi connectivity index (χ3n) is 4.26. The van der Waals surface area contributed by atoms with Gasteiger partial charge in [-0.2, -0.15) is 43.9 Å². The summed E-state index contributed by atoms with van der Waals surface area (Å²) in [6.07, 6.45) is -10.8. The molecule has 0 aromatic carbocycles. The van der Waals surface area contributed by atoms with Crippen molar-refractivity contribution in [2.45, 2.75) is 68.5 Å². The fourth-order valence-corrected chi connectivity index (χ4v) is 2.24. The van der Waals surface area contributed by atoms with Crippen LogP contribution in [0.15, 0.2) is 24.3 Å². The second-order valence-electron chi connectivity index (χ2n) is 7.56. The van der Waals surface area contributed by atoms with Gasteiger partial charge in [-0.3, -0.25) is 0 Å². The molecule has 0 rings (SSSR count). The number of carbonyl (C=O) groups is 2. The van der Waals surface area contributed by atoms with Crippen molar-refractivity contribution >= 4 is 11.9 Å². The minimum absolute atomic E-state index is 0.335. The largest absolute Gasteiger partial charge is 0.460 e. The van der Waals surface area contributed by atoms with Gasteiger partial charge in [-0.15, -0.1) is 0 Å². The first-order valence-corrected chi connectivity index (χ1v) is 9.35. The minimum atomic E-state index is -7.44. The molecule has 0 bridgehead atoms. The average molecular weight is 536 g/mol. The van der Waals surface area contributed by atoms with E-state index >= 15 is 0 Å². The molecular weight excluding hydrogens is 514 g/mol. The molecule has 2 atom stereocenters. The lowest BCUT2D eigenvalue weighted by Crippen LogP contribution is -2.68. The SMILES string of the molecule is C=C(C)C(=O)OCC(O)CC(F)(F)C(F)(F)C(F)(F)C(F)(F)C(F)(F)CC(CO)OC(=O)C(=C)C. The Balaban J connectivity index is 5.88. The standard InChI is InChI=1S/C19H22F10O6/c1-9(2)13(32)34-8-11(31)5-15(20,21)17(24,25)19(28,29)18(26,27)16(22,23)6-12(7-30)35-14(33)10(3)4/h11-12,30-31H,1,3,5-8H2,2,4H3. The molecule has 0 aliphatic heterocycles. The van der Waals surface area contributed by atoms with E-state index in [0.717, 1.165) is 13.8 Å². The van der Waals surface area contributed by atoms with E-state index in [1.807, 2.05) is 0 Å². The molecule has 0 spiro atoms. The van der Waals surface area contributed by atoms with Gasteiger partial charge in [0.25, 0.3) is 0 Å². The lowest BCUT2D eigenvalue weighted by Gasteiger charge is -2.40. The minimum Gasteiger partial charge on any atom is -0.460 e. The third-order valence-corrected chi connectivity index (χ3v) is 4.26. The molecule has 0 saturated carbocycles. The highest BCUT2D eigenvalue weighted by Gasteiger charge is 2.86. The number of aliphatic hydroxyl groups is 2. The fourth-order valence-electron chi connectivity index (χ4n) is 2.24. The molecule has 0 fully saturated rings. The van der Waals surface area contributed by atoms with Crippen LogP contribution in [-0.2, 0) is 19.1 Å². The van der Waals surface area contributed by atoms with Gasteiger partial charge in [0.1, 0.15) is 12.7 Å². The van der Waals surface area contributed by atoms with E-state index in [0.29, 0.717) is 0 Å². The van der Waals surface area contributed by atoms with Gasteiger partial charge in [0.05, 0.1) is 19.1 Å². The van der Waals surface area contributed by atoms with Crippen LogP contribution in [0.2, 0.25) is 0 Å². The van der Waals surface area contributed by atoms with Crippen LogP contribution >= 0.6 is 0 Å². The molecule has 6 nitrogen and oxygen atoms in total. The predicted octanol–water partition coefficient (Wildman–Crippen LogP) is 3.90. The van der Waals surface area contributed by atoms with Crippen LogP contribution in [0.4, 0.5) is 43.9 Å². The second kappa shape index (κ2) is 11.1. The molecule has 0 aromatic rings. The number of esters is 2. The maximum atomic E-state index is 14.0. The second-order valence-corrected chi connectivity index (χ2v) is 7.56. The number of hydrogen-bond donors (Lipinski definition) is 2. The first-order valence-electron chi connectivity index (χ1n) is 9.35. The quantitative estimate of drug-likeness (QED) is 0.199. The average Bonchev–Trinajstić information content (AvgIpc) is 2.69. The summed E-state index contributed by atoms with van der Waals surface area (Å²) in [5.41, 5.74) is -0.833. The van der Waals surface area contributed by atoms with E-state index in [2.05, 4.69) is 22.6 Å². The van der Waals surface area contributed by atoms with Crippen LogP contribution < -0.4 is 0 Å². The number of halogens is 10. The van der Waals surface area contributed by atoms with Gasteiger partial charge in [-0.05, 0) is 13.8 Å². The zero-order valence-electron chi connectivity index (χ0n) is 18.2. The number of rotatable bonds is 14. The maximum Gasteiger partial charge on any atom is 0.384 e. The molecule has 35 heavy (non-hydrogen) atoms. The molecule has 204 valence electrons. The Morgan fingerprint density at radius 1 is 0.771 bits per heavy atom. The molecule has 0 saturated heterocycles. The molecule has 2 N–H and O–H groups in total. The van der Waals surface area contributed by atoms with Crippen LogP contribution in [0.1, 0.15) is 26.7 Å². The van der Waals surface area contributed by atoms with Crippen molar-refractivity contribution in [1.29, 1.82) is 0 Å². The highest BCUT2D eigenvalue weighted by atomic mass is 19.4. The zero-order valence-corrected chi connectivity index (χ0v) is 18.2. The Morgan fingerprint density at radius 3 is 1.54 bits per heavy atom. The zero-order chi connectivity index (χ0) is 28.2. The van der Waals surface area contributed by atoms with E-state index in [9.17, 15) is 58.6 Å². The maximum absolute atomic E-state index is 14.0. The topological polar surface area (TPSA) is 93.1 Å². The molecule has 0 heterocycles. The molecule has 0 radical (unpaired) electrons. The van der Waals surface area contributed by atoms with Crippen LogP contribution in [0.25, 0.3) is 0 Å². The lowest BCUT2D eigenvalue weighted by molar-refractivity contribution is -0.405. The van der Waals surface area contributed by atoms with Gasteiger partial charge in [-0.1, -0.05) is 13.2 Å². The molecule has 0 aliphatic carbocycles. The van der Waals surface area contributed by atoms with Crippen molar-refractivity contribution in [1.82, 2.24) is 0 Å². The van der Waals surface area contributed by atoms with Crippen molar-refractivity contribution in [3.05, 3.63) is 24.3 Å². The number of aliphatic hydroxyl groups excluding tert-OH is 2. The van der Waals surface area contributed by atoms with Crippen molar-refractivity contribution < 1.29 is 73.2 Å². The summed E-state index contributed by atoms with van der Waals surface area (Å²) in [7, 11) is 0. The highest BCUT2D eigenvalue weighted by Crippen LogP contribution is 2.58. The third kappa shape index (κ3) is 7.08. The summed E-state index contributed by atoms with van der Waals surface area (Å²) < 4.78 is 148. The molecule has 0 aromatic heterocycles.